The normalized spacial score (nSPS) is 14.2. The average Bonchev–Trinajstić information content (AvgIpc) is 2.74. The number of nitrogens with zero attached hydrogens (tertiary/aromatic N) is 4. The van der Waals surface area contributed by atoms with E-state index < -0.39 is 0 Å². The van der Waals surface area contributed by atoms with E-state index in [0.29, 0.717) is 17.6 Å². The van der Waals surface area contributed by atoms with Crippen LogP contribution >= 0.6 is 0 Å². The van der Waals surface area contributed by atoms with Gasteiger partial charge in [0.1, 0.15) is 18.2 Å². The zero-order valence-electron chi connectivity index (χ0n) is 17.7. The van der Waals surface area contributed by atoms with Crippen molar-refractivity contribution >= 4 is 29.2 Å². The van der Waals surface area contributed by atoms with E-state index >= 15 is 0 Å². The fraction of sp³-hybridized carbons (Fsp3) is 0.304. The zero-order valence-corrected chi connectivity index (χ0v) is 17.7. The van der Waals surface area contributed by atoms with Crippen LogP contribution < -0.4 is 20.3 Å². The van der Waals surface area contributed by atoms with Crippen LogP contribution in [0, 0.1) is 6.92 Å². The lowest BCUT2D eigenvalue weighted by molar-refractivity contribution is -0.114. The molecule has 0 spiro atoms. The predicted octanol–water partition coefficient (Wildman–Crippen LogP) is 3.93. The number of ether oxygens (including phenoxy) is 1. The molecule has 0 atom stereocenters. The van der Waals surface area contributed by atoms with Gasteiger partial charge < -0.3 is 20.3 Å². The van der Waals surface area contributed by atoms with Gasteiger partial charge in [-0.2, -0.15) is 4.98 Å². The molecule has 0 saturated carbocycles. The first-order chi connectivity index (χ1) is 15.0. The Kier molecular flexibility index (Phi) is 6.26. The molecule has 0 radical (unpaired) electrons. The number of aromatic nitrogens is 3. The summed E-state index contributed by atoms with van der Waals surface area (Å²) in [6.45, 7) is 5.18. The molecule has 0 unspecified atom stereocenters. The van der Waals surface area contributed by atoms with Crippen molar-refractivity contribution in [3.63, 3.8) is 0 Å². The minimum Gasteiger partial charge on any atom is -0.490 e. The second-order valence-corrected chi connectivity index (χ2v) is 7.62. The molecule has 1 aromatic heterocycles. The summed E-state index contributed by atoms with van der Waals surface area (Å²) in [6.07, 6.45) is 3.51. The van der Waals surface area contributed by atoms with Crippen molar-refractivity contribution in [2.75, 3.05) is 28.6 Å². The molecule has 4 rings (SSSR count). The van der Waals surface area contributed by atoms with Gasteiger partial charge in [0.05, 0.1) is 0 Å². The van der Waals surface area contributed by atoms with Crippen LogP contribution in [0.5, 0.6) is 5.75 Å². The summed E-state index contributed by atoms with van der Waals surface area (Å²) < 4.78 is 6.14. The highest BCUT2D eigenvalue weighted by molar-refractivity contribution is 5.89. The Bertz CT molecular complexity index is 1050. The molecule has 31 heavy (non-hydrogen) atoms. The van der Waals surface area contributed by atoms with Crippen molar-refractivity contribution in [1.82, 2.24) is 15.0 Å². The van der Waals surface area contributed by atoms with Crippen LogP contribution in [0.1, 0.15) is 25.3 Å². The molecule has 1 saturated heterocycles. The highest BCUT2D eigenvalue weighted by Gasteiger charge is 2.22. The molecular formula is C23H26N6O2. The smallest absolute Gasteiger partial charge is 0.231 e. The third-order valence-corrected chi connectivity index (χ3v) is 5.02. The van der Waals surface area contributed by atoms with Crippen molar-refractivity contribution in [2.24, 2.45) is 0 Å². The number of benzene rings is 2. The molecule has 8 heteroatoms. The van der Waals surface area contributed by atoms with Crippen LogP contribution in [0.3, 0.4) is 0 Å². The first-order valence-electron chi connectivity index (χ1n) is 10.4. The number of carbonyl (C=O) groups is 1. The van der Waals surface area contributed by atoms with Gasteiger partial charge in [-0.05, 0) is 42.8 Å². The van der Waals surface area contributed by atoms with Gasteiger partial charge in [0.15, 0.2) is 0 Å². The van der Waals surface area contributed by atoms with Gasteiger partial charge in [0.2, 0.25) is 17.8 Å². The predicted molar refractivity (Wildman–Crippen MR) is 121 cm³/mol. The number of amides is 1. The van der Waals surface area contributed by atoms with Gasteiger partial charge in [-0.1, -0.05) is 18.2 Å². The second kappa shape index (κ2) is 9.42. The Morgan fingerprint density at radius 3 is 2.61 bits per heavy atom. The van der Waals surface area contributed by atoms with Crippen LogP contribution in [-0.4, -0.2) is 40.1 Å². The lowest BCUT2D eigenvalue weighted by atomic mass is 10.1. The van der Waals surface area contributed by atoms with E-state index in [1.54, 1.807) is 0 Å². The van der Waals surface area contributed by atoms with E-state index in [0.717, 1.165) is 37.4 Å². The molecule has 0 bridgehead atoms. The van der Waals surface area contributed by atoms with Crippen LogP contribution in [0.15, 0.2) is 54.9 Å². The number of aryl methyl sites for hydroxylation is 1. The van der Waals surface area contributed by atoms with E-state index in [4.69, 9.17) is 4.74 Å². The molecule has 8 nitrogen and oxygen atoms in total. The first-order valence-corrected chi connectivity index (χ1v) is 10.4. The molecule has 160 valence electrons. The summed E-state index contributed by atoms with van der Waals surface area (Å²) in [5.41, 5.74) is 2.69. The Morgan fingerprint density at radius 1 is 1.06 bits per heavy atom. The summed E-state index contributed by atoms with van der Waals surface area (Å²) in [7, 11) is 0. The van der Waals surface area contributed by atoms with Gasteiger partial charge in [0, 0.05) is 44.2 Å². The van der Waals surface area contributed by atoms with Crippen molar-refractivity contribution in [2.45, 2.75) is 32.8 Å². The number of piperidine rings is 1. The summed E-state index contributed by atoms with van der Waals surface area (Å²) in [6, 6.07) is 15.6. The summed E-state index contributed by atoms with van der Waals surface area (Å²) in [5, 5.41) is 5.95. The number of carbonyl (C=O) groups excluding carboxylic acids is 1. The molecular weight excluding hydrogens is 392 g/mol. The number of rotatable bonds is 6. The molecule has 2 aromatic carbocycles. The lowest BCUT2D eigenvalue weighted by Crippen LogP contribution is -2.39. The first kappa shape index (κ1) is 20.6. The monoisotopic (exact) mass is 418 g/mol. The van der Waals surface area contributed by atoms with Crippen LogP contribution in [0.4, 0.5) is 23.3 Å². The summed E-state index contributed by atoms with van der Waals surface area (Å²) >= 11 is 0. The third-order valence-electron chi connectivity index (χ3n) is 5.02. The third kappa shape index (κ3) is 5.69. The maximum absolute atomic E-state index is 11.3. The van der Waals surface area contributed by atoms with E-state index in [1.807, 2.05) is 36.4 Å². The SMILES string of the molecule is CC(=O)Nc1cccc(Nc2ncnc(N3CCC(Oc4cccc(C)c4)CC3)n2)c1. The Balaban J connectivity index is 1.36. The summed E-state index contributed by atoms with van der Waals surface area (Å²) in [5.74, 6) is 1.91. The molecule has 1 aliphatic heterocycles. The highest BCUT2D eigenvalue weighted by atomic mass is 16.5. The van der Waals surface area contributed by atoms with Crippen LogP contribution in [0.25, 0.3) is 0 Å². The number of nitrogens with one attached hydrogen (secondary N) is 2. The van der Waals surface area contributed by atoms with Gasteiger partial charge in [0.25, 0.3) is 0 Å². The quantitative estimate of drug-likeness (QED) is 0.627. The Morgan fingerprint density at radius 2 is 1.84 bits per heavy atom. The minimum absolute atomic E-state index is 0.116. The molecule has 2 heterocycles. The maximum Gasteiger partial charge on any atom is 0.231 e. The molecule has 3 aromatic rings. The number of hydrogen-bond acceptors (Lipinski definition) is 7. The molecule has 0 aliphatic carbocycles. The average molecular weight is 419 g/mol. The topological polar surface area (TPSA) is 92.3 Å². The van der Waals surface area contributed by atoms with Crippen molar-refractivity contribution < 1.29 is 9.53 Å². The van der Waals surface area contributed by atoms with E-state index in [-0.39, 0.29) is 12.0 Å². The Hall–Kier alpha value is -3.68. The van der Waals surface area contributed by atoms with Crippen molar-refractivity contribution in [3.05, 3.63) is 60.4 Å². The summed E-state index contributed by atoms with van der Waals surface area (Å²) in [4.78, 5) is 26.6. The molecule has 1 aliphatic rings. The molecule has 1 amide bonds. The standard InChI is InChI=1S/C23H26N6O2/c1-16-5-3-8-21(13-16)31-20-9-11-29(12-10-20)23-25-15-24-22(28-23)27-19-7-4-6-18(14-19)26-17(2)30/h3-8,13-15,20H,9-12H2,1-2H3,(H,26,30)(H,24,25,27,28). The zero-order chi connectivity index (χ0) is 21.6. The van der Waals surface area contributed by atoms with E-state index in [9.17, 15) is 4.79 Å². The van der Waals surface area contributed by atoms with Gasteiger partial charge >= 0.3 is 0 Å². The fourth-order valence-electron chi connectivity index (χ4n) is 3.56. The number of hydrogen-bond donors (Lipinski definition) is 2. The minimum atomic E-state index is -0.116. The van der Waals surface area contributed by atoms with E-state index in [2.05, 4.69) is 49.5 Å². The largest absolute Gasteiger partial charge is 0.490 e. The van der Waals surface area contributed by atoms with Crippen LogP contribution in [-0.2, 0) is 4.79 Å². The number of anilines is 4. The van der Waals surface area contributed by atoms with E-state index in [1.165, 1.54) is 18.8 Å². The molecule has 1 fully saturated rings. The van der Waals surface area contributed by atoms with Crippen LogP contribution in [0.2, 0.25) is 0 Å². The van der Waals surface area contributed by atoms with Gasteiger partial charge in [-0.25, -0.2) is 9.97 Å². The van der Waals surface area contributed by atoms with Gasteiger partial charge in [-0.3, -0.25) is 4.79 Å². The molecule has 2 N–H and O–H groups in total. The van der Waals surface area contributed by atoms with Crippen molar-refractivity contribution in [3.8, 4) is 5.75 Å². The van der Waals surface area contributed by atoms with Gasteiger partial charge in [-0.15, -0.1) is 0 Å². The second-order valence-electron chi connectivity index (χ2n) is 7.62. The van der Waals surface area contributed by atoms with Crippen molar-refractivity contribution in [1.29, 1.82) is 0 Å². The fourth-order valence-corrected chi connectivity index (χ4v) is 3.56. The highest BCUT2D eigenvalue weighted by Crippen LogP contribution is 2.23. The Labute approximate surface area is 181 Å². The maximum atomic E-state index is 11.3. The lowest BCUT2D eigenvalue weighted by Gasteiger charge is -2.32.